The van der Waals surface area contributed by atoms with Gasteiger partial charge in [-0.1, -0.05) is 20.8 Å². The molecule has 0 saturated carbocycles. The number of halogens is 1. The Bertz CT molecular complexity index is 765. The lowest BCUT2D eigenvalue weighted by molar-refractivity contribution is -0.123. The van der Waals surface area contributed by atoms with Crippen LogP contribution in [0.4, 0.5) is 15.9 Å². The molecule has 126 valence electrons. The number of benzene rings is 1. The van der Waals surface area contributed by atoms with Crippen LogP contribution in [0.2, 0.25) is 0 Å². The third-order valence-corrected chi connectivity index (χ3v) is 3.36. The molecule has 1 aromatic heterocycles. The lowest BCUT2D eigenvalue weighted by Gasteiger charge is -2.17. The first-order chi connectivity index (χ1) is 11.2. The smallest absolute Gasteiger partial charge is 0.257 e. The molecule has 2 amide bonds. The monoisotopic (exact) mass is 329 g/mol. The number of amides is 2. The van der Waals surface area contributed by atoms with Crippen molar-refractivity contribution in [1.82, 2.24) is 4.98 Å². The quantitative estimate of drug-likeness (QED) is 0.900. The molecule has 0 aliphatic rings. The number of hydrogen-bond donors (Lipinski definition) is 2. The van der Waals surface area contributed by atoms with Gasteiger partial charge in [-0.25, -0.2) is 9.37 Å². The molecule has 0 saturated heterocycles. The zero-order valence-electron chi connectivity index (χ0n) is 14.1. The van der Waals surface area contributed by atoms with Crippen molar-refractivity contribution in [3.05, 3.63) is 53.5 Å². The highest BCUT2D eigenvalue weighted by atomic mass is 19.1. The van der Waals surface area contributed by atoms with Crippen LogP contribution < -0.4 is 10.6 Å². The average molecular weight is 329 g/mol. The zero-order valence-corrected chi connectivity index (χ0v) is 14.1. The molecule has 6 heteroatoms. The molecule has 1 heterocycles. The minimum atomic E-state index is -0.530. The SMILES string of the molecule is Cc1cc(NC(=O)c2ccc(NC(=O)C(C)(C)C)nc2)ccc1F. The number of anilines is 2. The largest absolute Gasteiger partial charge is 0.322 e. The van der Waals surface area contributed by atoms with Gasteiger partial charge in [0.25, 0.3) is 5.91 Å². The fourth-order valence-corrected chi connectivity index (χ4v) is 1.83. The van der Waals surface area contributed by atoms with Crippen LogP contribution in [0, 0.1) is 18.2 Å². The molecule has 0 spiro atoms. The van der Waals surface area contributed by atoms with E-state index in [0.717, 1.165) is 0 Å². The Kier molecular flexibility index (Phi) is 4.97. The maximum Gasteiger partial charge on any atom is 0.257 e. The highest BCUT2D eigenvalue weighted by molar-refractivity contribution is 6.04. The third kappa shape index (κ3) is 4.38. The second kappa shape index (κ2) is 6.78. The minimum absolute atomic E-state index is 0.158. The first kappa shape index (κ1) is 17.6. The first-order valence-electron chi connectivity index (χ1n) is 7.52. The van der Waals surface area contributed by atoms with Gasteiger partial charge in [-0.15, -0.1) is 0 Å². The number of aromatic nitrogens is 1. The number of nitrogens with zero attached hydrogens (tertiary/aromatic N) is 1. The van der Waals surface area contributed by atoms with E-state index in [-0.39, 0.29) is 17.6 Å². The highest BCUT2D eigenvalue weighted by Gasteiger charge is 2.21. The number of carbonyl (C=O) groups excluding carboxylic acids is 2. The summed E-state index contributed by atoms with van der Waals surface area (Å²) in [5, 5.41) is 5.37. The molecule has 1 aromatic carbocycles. The van der Waals surface area contributed by atoms with Crippen molar-refractivity contribution in [2.75, 3.05) is 10.6 Å². The minimum Gasteiger partial charge on any atom is -0.322 e. The summed E-state index contributed by atoms with van der Waals surface area (Å²) in [6, 6.07) is 7.48. The lowest BCUT2D eigenvalue weighted by Crippen LogP contribution is -2.28. The van der Waals surface area contributed by atoms with Gasteiger partial charge >= 0.3 is 0 Å². The Morgan fingerprint density at radius 3 is 2.33 bits per heavy atom. The topological polar surface area (TPSA) is 71.1 Å². The van der Waals surface area contributed by atoms with Crippen molar-refractivity contribution in [2.24, 2.45) is 5.41 Å². The number of rotatable bonds is 3. The van der Waals surface area contributed by atoms with E-state index < -0.39 is 5.41 Å². The van der Waals surface area contributed by atoms with Crippen LogP contribution in [-0.4, -0.2) is 16.8 Å². The van der Waals surface area contributed by atoms with Crippen molar-refractivity contribution in [1.29, 1.82) is 0 Å². The maximum atomic E-state index is 13.2. The Labute approximate surface area is 140 Å². The van der Waals surface area contributed by atoms with Crippen LogP contribution >= 0.6 is 0 Å². The van der Waals surface area contributed by atoms with Gasteiger partial charge in [0.15, 0.2) is 0 Å². The first-order valence-corrected chi connectivity index (χ1v) is 7.52. The van der Waals surface area contributed by atoms with E-state index in [1.165, 1.54) is 18.3 Å². The molecule has 0 bridgehead atoms. The Balaban J connectivity index is 2.05. The molecule has 0 atom stereocenters. The average Bonchev–Trinajstić information content (AvgIpc) is 2.50. The van der Waals surface area contributed by atoms with Crippen LogP contribution in [0.25, 0.3) is 0 Å². The van der Waals surface area contributed by atoms with Crippen LogP contribution in [0.3, 0.4) is 0 Å². The second-order valence-corrected chi connectivity index (χ2v) is 6.55. The third-order valence-electron chi connectivity index (χ3n) is 3.36. The molecule has 0 aliphatic heterocycles. The molecule has 5 nitrogen and oxygen atoms in total. The van der Waals surface area contributed by atoms with Crippen LogP contribution in [0.1, 0.15) is 36.7 Å². The number of carbonyl (C=O) groups is 2. The fraction of sp³-hybridized carbons (Fsp3) is 0.278. The van der Waals surface area contributed by atoms with Crippen LogP contribution in [-0.2, 0) is 4.79 Å². The van der Waals surface area contributed by atoms with E-state index in [9.17, 15) is 14.0 Å². The summed E-state index contributed by atoms with van der Waals surface area (Å²) in [6.07, 6.45) is 1.38. The van der Waals surface area contributed by atoms with E-state index in [2.05, 4.69) is 15.6 Å². The fourth-order valence-electron chi connectivity index (χ4n) is 1.83. The van der Waals surface area contributed by atoms with E-state index in [4.69, 9.17) is 0 Å². The van der Waals surface area contributed by atoms with E-state index in [1.54, 1.807) is 45.9 Å². The predicted molar refractivity (Wildman–Crippen MR) is 91.4 cm³/mol. The van der Waals surface area contributed by atoms with Crippen LogP contribution in [0.15, 0.2) is 36.5 Å². The molecule has 2 rings (SSSR count). The summed E-state index contributed by atoms with van der Waals surface area (Å²) >= 11 is 0. The summed E-state index contributed by atoms with van der Waals surface area (Å²) in [5.74, 6) is -0.464. The summed E-state index contributed by atoms with van der Waals surface area (Å²) in [5.41, 5.74) is 0.763. The molecule has 0 aliphatic carbocycles. The van der Waals surface area contributed by atoms with E-state index in [0.29, 0.717) is 22.6 Å². The molecule has 2 N–H and O–H groups in total. The number of aryl methyl sites for hydroxylation is 1. The van der Waals surface area contributed by atoms with Crippen molar-refractivity contribution in [3.63, 3.8) is 0 Å². The molecule has 2 aromatic rings. The summed E-state index contributed by atoms with van der Waals surface area (Å²) in [4.78, 5) is 28.1. The molecular weight excluding hydrogens is 309 g/mol. The molecule has 24 heavy (non-hydrogen) atoms. The van der Waals surface area contributed by atoms with Gasteiger partial charge in [-0.2, -0.15) is 0 Å². The van der Waals surface area contributed by atoms with Gasteiger partial charge in [0, 0.05) is 17.3 Å². The molecule has 0 fully saturated rings. The van der Waals surface area contributed by atoms with Gasteiger partial charge in [0.1, 0.15) is 11.6 Å². The Hall–Kier alpha value is -2.76. The maximum absolute atomic E-state index is 13.2. The van der Waals surface area contributed by atoms with E-state index >= 15 is 0 Å². The van der Waals surface area contributed by atoms with Crippen molar-refractivity contribution in [2.45, 2.75) is 27.7 Å². The lowest BCUT2D eigenvalue weighted by atomic mass is 9.96. The highest BCUT2D eigenvalue weighted by Crippen LogP contribution is 2.17. The Morgan fingerprint density at radius 1 is 1.08 bits per heavy atom. The van der Waals surface area contributed by atoms with Gasteiger partial charge in [-0.3, -0.25) is 9.59 Å². The zero-order chi connectivity index (χ0) is 17.9. The normalized spacial score (nSPS) is 11.0. The Morgan fingerprint density at radius 2 is 1.79 bits per heavy atom. The van der Waals surface area contributed by atoms with Gasteiger partial charge in [0.05, 0.1) is 5.56 Å². The second-order valence-electron chi connectivity index (χ2n) is 6.55. The van der Waals surface area contributed by atoms with Gasteiger partial charge in [-0.05, 0) is 42.8 Å². The summed E-state index contributed by atoms with van der Waals surface area (Å²) < 4.78 is 13.2. The molecular formula is C18H20FN3O2. The van der Waals surface area contributed by atoms with E-state index in [1.807, 2.05) is 0 Å². The number of hydrogen-bond acceptors (Lipinski definition) is 3. The molecule has 0 unspecified atom stereocenters. The standard InChI is InChI=1S/C18H20FN3O2/c1-11-9-13(6-7-14(11)19)21-16(23)12-5-8-15(20-10-12)22-17(24)18(2,3)4/h5-10H,1-4H3,(H,21,23)(H,20,22,24). The van der Waals surface area contributed by atoms with Crippen molar-refractivity contribution in [3.8, 4) is 0 Å². The van der Waals surface area contributed by atoms with Gasteiger partial charge < -0.3 is 10.6 Å². The molecule has 0 radical (unpaired) electrons. The number of pyridine rings is 1. The van der Waals surface area contributed by atoms with Crippen molar-refractivity contribution < 1.29 is 14.0 Å². The van der Waals surface area contributed by atoms with Crippen molar-refractivity contribution >= 4 is 23.3 Å². The number of nitrogens with one attached hydrogen (secondary N) is 2. The predicted octanol–water partition coefficient (Wildman–Crippen LogP) is 3.77. The summed E-state index contributed by atoms with van der Waals surface area (Å²) in [7, 11) is 0. The summed E-state index contributed by atoms with van der Waals surface area (Å²) in [6.45, 7) is 7.03. The van der Waals surface area contributed by atoms with Gasteiger partial charge in [0.2, 0.25) is 5.91 Å². The van der Waals surface area contributed by atoms with Crippen LogP contribution in [0.5, 0.6) is 0 Å².